The predicted molar refractivity (Wildman–Crippen MR) is 91.9 cm³/mol. The number of nitrogens with one attached hydrogen (secondary N) is 1. The molecule has 1 aliphatic rings. The van der Waals surface area contributed by atoms with E-state index in [9.17, 15) is 14.3 Å². The standard InChI is InChI=1S/C18H15FN4O4/c19-12-2-4-13(5-3-12)20-18(25)14-8-23(22-21-14)9-15(24)11-1-6-16-17(7-11)27-10-26-16/h1-8,15,24H,9-10H2,(H,20,25)/t15-/m1/s1. The number of hydrogen-bond donors (Lipinski definition) is 2. The zero-order chi connectivity index (χ0) is 18.8. The lowest BCUT2D eigenvalue weighted by molar-refractivity contribution is 0.102. The van der Waals surface area contributed by atoms with Crippen molar-refractivity contribution in [2.75, 3.05) is 12.1 Å². The van der Waals surface area contributed by atoms with Crippen molar-refractivity contribution in [2.24, 2.45) is 0 Å². The summed E-state index contributed by atoms with van der Waals surface area (Å²) in [5.74, 6) is 0.331. The van der Waals surface area contributed by atoms with Gasteiger partial charge in [0.25, 0.3) is 5.91 Å². The summed E-state index contributed by atoms with van der Waals surface area (Å²) >= 11 is 0. The molecule has 2 aromatic carbocycles. The first-order chi connectivity index (χ1) is 13.1. The van der Waals surface area contributed by atoms with Gasteiger partial charge in [-0.2, -0.15) is 0 Å². The van der Waals surface area contributed by atoms with Gasteiger partial charge in [-0.05, 0) is 42.0 Å². The normalized spacial score (nSPS) is 13.4. The van der Waals surface area contributed by atoms with Crippen LogP contribution in [0.1, 0.15) is 22.2 Å². The number of ether oxygens (including phenoxy) is 2. The Morgan fingerprint density at radius 1 is 1.22 bits per heavy atom. The van der Waals surface area contributed by atoms with Crippen LogP contribution in [0, 0.1) is 5.82 Å². The second kappa shape index (κ2) is 7.04. The lowest BCUT2D eigenvalue weighted by Crippen LogP contribution is -2.12. The SMILES string of the molecule is O=C(Nc1ccc(F)cc1)c1cn(C[C@@H](O)c2ccc3c(c2)OCO3)nn1. The first kappa shape index (κ1) is 17.0. The molecule has 0 saturated carbocycles. The van der Waals surface area contributed by atoms with Crippen LogP contribution in [0.5, 0.6) is 11.5 Å². The first-order valence-electron chi connectivity index (χ1n) is 8.13. The molecule has 0 unspecified atom stereocenters. The van der Waals surface area contributed by atoms with E-state index >= 15 is 0 Å². The average Bonchev–Trinajstić information content (AvgIpc) is 3.32. The number of nitrogens with zero attached hydrogens (tertiary/aromatic N) is 3. The third-order valence-corrected chi connectivity index (χ3v) is 4.01. The van der Waals surface area contributed by atoms with Crippen LogP contribution >= 0.6 is 0 Å². The Balaban J connectivity index is 1.41. The van der Waals surface area contributed by atoms with Crippen LogP contribution in [0.15, 0.2) is 48.7 Å². The topological polar surface area (TPSA) is 98.5 Å². The van der Waals surface area contributed by atoms with Gasteiger partial charge in [-0.3, -0.25) is 4.79 Å². The predicted octanol–water partition coefficient (Wildman–Crippen LogP) is 2.13. The number of halogens is 1. The summed E-state index contributed by atoms with van der Waals surface area (Å²) in [7, 11) is 0. The van der Waals surface area contributed by atoms with Crippen LogP contribution in [0.25, 0.3) is 0 Å². The first-order valence-corrected chi connectivity index (χ1v) is 8.13. The third kappa shape index (κ3) is 3.72. The highest BCUT2D eigenvalue weighted by Crippen LogP contribution is 2.34. The number of amides is 1. The van der Waals surface area contributed by atoms with E-state index in [0.29, 0.717) is 22.7 Å². The number of fused-ring (bicyclic) bond motifs is 1. The molecule has 8 nitrogen and oxygen atoms in total. The van der Waals surface area contributed by atoms with E-state index in [1.807, 2.05) is 0 Å². The summed E-state index contributed by atoms with van der Waals surface area (Å²) in [5, 5.41) is 20.7. The van der Waals surface area contributed by atoms with Crippen LogP contribution in [-0.2, 0) is 6.54 Å². The molecule has 2 N–H and O–H groups in total. The van der Waals surface area contributed by atoms with E-state index in [-0.39, 0.29) is 19.0 Å². The number of hydrogen-bond acceptors (Lipinski definition) is 6. The third-order valence-electron chi connectivity index (χ3n) is 4.01. The summed E-state index contributed by atoms with van der Waals surface area (Å²) in [5.41, 5.74) is 1.15. The Morgan fingerprint density at radius 2 is 2.00 bits per heavy atom. The van der Waals surface area contributed by atoms with E-state index in [2.05, 4.69) is 15.6 Å². The van der Waals surface area contributed by atoms with Gasteiger partial charge in [-0.15, -0.1) is 5.10 Å². The minimum absolute atomic E-state index is 0.0808. The van der Waals surface area contributed by atoms with E-state index in [1.165, 1.54) is 35.1 Å². The largest absolute Gasteiger partial charge is 0.454 e. The van der Waals surface area contributed by atoms with Gasteiger partial charge in [0.2, 0.25) is 6.79 Å². The molecular formula is C18H15FN4O4. The summed E-state index contributed by atoms with van der Waals surface area (Å²) in [6.45, 7) is 0.265. The second-order valence-electron chi connectivity index (χ2n) is 5.92. The van der Waals surface area contributed by atoms with Gasteiger partial charge in [0.15, 0.2) is 17.2 Å². The number of aromatic nitrogens is 3. The van der Waals surface area contributed by atoms with Crippen LogP contribution in [0.2, 0.25) is 0 Å². The maximum absolute atomic E-state index is 12.9. The highest BCUT2D eigenvalue weighted by atomic mass is 19.1. The maximum Gasteiger partial charge on any atom is 0.277 e. The van der Waals surface area contributed by atoms with Gasteiger partial charge in [-0.25, -0.2) is 9.07 Å². The zero-order valence-corrected chi connectivity index (χ0v) is 14.0. The van der Waals surface area contributed by atoms with E-state index in [0.717, 1.165) is 0 Å². The molecule has 0 saturated heterocycles. The molecule has 9 heteroatoms. The van der Waals surface area contributed by atoms with Crippen molar-refractivity contribution in [3.63, 3.8) is 0 Å². The van der Waals surface area contributed by atoms with Crippen LogP contribution < -0.4 is 14.8 Å². The Morgan fingerprint density at radius 3 is 2.81 bits per heavy atom. The molecule has 138 valence electrons. The number of aliphatic hydroxyl groups is 1. The van der Waals surface area contributed by atoms with E-state index in [1.54, 1.807) is 18.2 Å². The molecule has 1 aliphatic heterocycles. The number of aliphatic hydroxyl groups excluding tert-OH is 1. The van der Waals surface area contributed by atoms with Crippen molar-refractivity contribution in [3.05, 3.63) is 65.7 Å². The number of anilines is 1. The number of carbonyl (C=O) groups excluding carboxylic acids is 1. The molecule has 4 rings (SSSR count). The van der Waals surface area contributed by atoms with Gasteiger partial charge < -0.3 is 19.9 Å². The van der Waals surface area contributed by atoms with Crippen molar-refractivity contribution in [1.29, 1.82) is 0 Å². The monoisotopic (exact) mass is 370 g/mol. The minimum atomic E-state index is -0.866. The Bertz CT molecular complexity index is 974. The Labute approximate surface area is 153 Å². The van der Waals surface area contributed by atoms with Gasteiger partial charge in [0, 0.05) is 5.69 Å². The van der Waals surface area contributed by atoms with Crippen molar-refractivity contribution in [2.45, 2.75) is 12.6 Å². The van der Waals surface area contributed by atoms with E-state index in [4.69, 9.17) is 9.47 Å². The molecule has 0 bridgehead atoms. The van der Waals surface area contributed by atoms with Crippen molar-refractivity contribution >= 4 is 11.6 Å². The summed E-state index contributed by atoms with van der Waals surface area (Å²) < 4.78 is 24.8. The highest BCUT2D eigenvalue weighted by Gasteiger charge is 2.18. The molecule has 0 aliphatic carbocycles. The quantitative estimate of drug-likeness (QED) is 0.714. The molecule has 0 spiro atoms. The van der Waals surface area contributed by atoms with Gasteiger partial charge in [-0.1, -0.05) is 11.3 Å². The molecule has 2 heterocycles. The molecule has 0 fully saturated rings. The molecule has 3 aromatic rings. The summed E-state index contributed by atoms with van der Waals surface area (Å²) in [4.78, 5) is 12.2. The van der Waals surface area contributed by atoms with Crippen LogP contribution in [0.4, 0.5) is 10.1 Å². The Kier molecular flexibility index (Phi) is 4.43. The average molecular weight is 370 g/mol. The highest BCUT2D eigenvalue weighted by molar-refractivity contribution is 6.02. The van der Waals surface area contributed by atoms with Crippen molar-refractivity contribution < 1.29 is 23.8 Å². The van der Waals surface area contributed by atoms with Crippen molar-refractivity contribution in [3.8, 4) is 11.5 Å². The van der Waals surface area contributed by atoms with Gasteiger partial charge in [0.1, 0.15) is 5.82 Å². The van der Waals surface area contributed by atoms with Crippen LogP contribution in [0.3, 0.4) is 0 Å². The summed E-state index contributed by atoms with van der Waals surface area (Å²) in [6.07, 6.45) is 0.559. The van der Waals surface area contributed by atoms with Crippen LogP contribution in [-0.4, -0.2) is 32.8 Å². The molecular weight excluding hydrogens is 355 g/mol. The number of rotatable bonds is 5. The fourth-order valence-corrected chi connectivity index (χ4v) is 2.62. The molecule has 0 radical (unpaired) electrons. The lowest BCUT2D eigenvalue weighted by atomic mass is 10.1. The van der Waals surface area contributed by atoms with E-state index < -0.39 is 17.8 Å². The number of benzene rings is 2. The minimum Gasteiger partial charge on any atom is -0.454 e. The fraction of sp³-hybridized carbons (Fsp3) is 0.167. The molecule has 27 heavy (non-hydrogen) atoms. The lowest BCUT2D eigenvalue weighted by Gasteiger charge is -2.11. The maximum atomic E-state index is 12.9. The van der Waals surface area contributed by atoms with Gasteiger partial charge in [0.05, 0.1) is 18.8 Å². The smallest absolute Gasteiger partial charge is 0.277 e. The Hall–Kier alpha value is -3.46. The zero-order valence-electron chi connectivity index (χ0n) is 14.0. The summed E-state index contributed by atoms with van der Waals surface area (Å²) in [6, 6.07) is 10.5. The fourth-order valence-electron chi connectivity index (χ4n) is 2.62. The molecule has 1 atom stereocenters. The second-order valence-corrected chi connectivity index (χ2v) is 5.92. The van der Waals surface area contributed by atoms with Crippen molar-refractivity contribution in [1.82, 2.24) is 15.0 Å². The molecule has 1 amide bonds. The molecule has 1 aromatic heterocycles. The number of carbonyl (C=O) groups is 1. The van der Waals surface area contributed by atoms with Gasteiger partial charge >= 0.3 is 0 Å².